The van der Waals surface area contributed by atoms with Crippen LogP contribution in [0.2, 0.25) is 0 Å². The molecule has 0 saturated heterocycles. The Morgan fingerprint density at radius 2 is 2.10 bits per heavy atom. The number of nitrogens with two attached hydrogens (primary N) is 1. The van der Waals surface area contributed by atoms with Gasteiger partial charge >= 0.3 is 5.97 Å². The normalized spacial score (nSPS) is 14.2. The van der Waals surface area contributed by atoms with Gasteiger partial charge in [-0.1, -0.05) is 18.2 Å². The molecular weight excluding hydrogens is 366 g/mol. The number of rotatable bonds is 6. The van der Waals surface area contributed by atoms with Gasteiger partial charge in [0.2, 0.25) is 0 Å². The minimum atomic E-state index is -0.595. The highest BCUT2D eigenvalue weighted by atomic mass is 16.5. The van der Waals surface area contributed by atoms with Crippen molar-refractivity contribution in [3.63, 3.8) is 0 Å². The summed E-state index contributed by atoms with van der Waals surface area (Å²) in [6.45, 7) is 2.50. The summed E-state index contributed by atoms with van der Waals surface area (Å²) in [6, 6.07) is 11.7. The Labute approximate surface area is 168 Å². The Bertz CT molecular complexity index is 1090. The summed E-state index contributed by atoms with van der Waals surface area (Å²) in [6.07, 6.45) is 4.93. The smallest absolute Gasteiger partial charge is 0.316 e. The topological polar surface area (TPSA) is 118 Å². The highest BCUT2D eigenvalue weighted by Crippen LogP contribution is 2.50. The first-order valence-electron chi connectivity index (χ1n) is 9.54. The molecule has 0 spiro atoms. The molecule has 0 radical (unpaired) electrons. The Kier molecular flexibility index (Phi) is 4.87. The first kappa shape index (κ1) is 18.8. The molecule has 1 aromatic carbocycles. The van der Waals surface area contributed by atoms with Gasteiger partial charge in [-0.05, 0) is 37.5 Å². The number of nitrogens with one attached hydrogen (secondary N) is 1. The fraction of sp³-hybridized carbons (Fsp3) is 0.273. The van der Waals surface area contributed by atoms with Crippen molar-refractivity contribution in [3.05, 3.63) is 59.5 Å². The van der Waals surface area contributed by atoms with Crippen molar-refractivity contribution in [2.75, 3.05) is 6.61 Å². The standard InChI is InChI=1S/C22H21N5O2/c1-2-29-21(28)22(7-8-22)16-4-5-17(15(9-16)10-23)14-3-6-19(25-12-14)18-13-26-27-20(18)11-24/h3-6,9,12-13H,2,7-8,11,24H2,1H3,(H,26,27). The van der Waals surface area contributed by atoms with Crippen molar-refractivity contribution in [1.29, 1.82) is 5.26 Å². The molecule has 1 aliphatic carbocycles. The minimum Gasteiger partial charge on any atom is -0.465 e. The lowest BCUT2D eigenvalue weighted by Gasteiger charge is -2.15. The fourth-order valence-electron chi connectivity index (χ4n) is 3.59. The average molecular weight is 387 g/mol. The van der Waals surface area contributed by atoms with Gasteiger partial charge in [-0.2, -0.15) is 10.4 Å². The number of H-pyrrole nitrogens is 1. The number of ether oxygens (including phenoxy) is 1. The number of carbonyl (C=O) groups excluding carboxylic acids is 1. The molecule has 146 valence electrons. The van der Waals surface area contributed by atoms with E-state index in [1.54, 1.807) is 25.4 Å². The van der Waals surface area contributed by atoms with Gasteiger partial charge in [-0.15, -0.1) is 0 Å². The highest BCUT2D eigenvalue weighted by Gasteiger charge is 2.52. The molecule has 0 unspecified atom stereocenters. The van der Waals surface area contributed by atoms with Gasteiger partial charge < -0.3 is 10.5 Å². The van der Waals surface area contributed by atoms with Gasteiger partial charge in [0, 0.05) is 29.4 Å². The lowest BCUT2D eigenvalue weighted by molar-refractivity contribution is -0.146. The van der Waals surface area contributed by atoms with Gasteiger partial charge in [0.25, 0.3) is 0 Å². The van der Waals surface area contributed by atoms with E-state index < -0.39 is 5.41 Å². The number of hydrogen-bond acceptors (Lipinski definition) is 6. The first-order valence-corrected chi connectivity index (χ1v) is 9.54. The third kappa shape index (κ3) is 3.28. The molecule has 2 aromatic heterocycles. The molecule has 0 amide bonds. The second-order valence-corrected chi connectivity index (χ2v) is 7.07. The molecule has 1 saturated carbocycles. The van der Waals surface area contributed by atoms with Crippen LogP contribution in [0, 0.1) is 11.3 Å². The Hall–Kier alpha value is -3.50. The van der Waals surface area contributed by atoms with Crippen LogP contribution >= 0.6 is 0 Å². The van der Waals surface area contributed by atoms with E-state index in [9.17, 15) is 10.1 Å². The van der Waals surface area contributed by atoms with E-state index in [1.165, 1.54) is 0 Å². The molecule has 2 heterocycles. The predicted molar refractivity (Wildman–Crippen MR) is 107 cm³/mol. The van der Waals surface area contributed by atoms with Crippen LogP contribution in [0.15, 0.2) is 42.7 Å². The SMILES string of the molecule is CCOC(=O)C1(c2ccc(-c3ccc(-c4cn[nH]c4CN)nc3)c(C#N)c2)CC1. The second kappa shape index (κ2) is 7.49. The van der Waals surface area contributed by atoms with Crippen molar-refractivity contribution >= 4 is 5.97 Å². The molecule has 3 N–H and O–H groups in total. The quantitative estimate of drug-likeness (QED) is 0.628. The molecular formula is C22H21N5O2. The van der Waals surface area contributed by atoms with Gasteiger partial charge in [-0.3, -0.25) is 14.9 Å². The summed E-state index contributed by atoms with van der Waals surface area (Å²) in [4.78, 5) is 16.9. The number of esters is 1. The average Bonchev–Trinajstić information content (AvgIpc) is 3.44. The van der Waals surface area contributed by atoms with Crippen molar-refractivity contribution in [2.45, 2.75) is 31.7 Å². The van der Waals surface area contributed by atoms with Crippen LogP contribution in [0.4, 0.5) is 0 Å². The largest absolute Gasteiger partial charge is 0.465 e. The molecule has 0 atom stereocenters. The summed E-state index contributed by atoms with van der Waals surface area (Å²) in [5, 5.41) is 16.6. The Morgan fingerprint density at radius 3 is 2.72 bits per heavy atom. The van der Waals surface area contributed by atoms with E-state index in [0.717, 1.165) is 46.5 Å². The molecule has 4 rings (SSSR count). The number of carbonyl (C=O) groups is 1. The number of nitrogens with zero attached hydrogens (tertiary/aromatic N) is 3. The van der Waals surface area contributed by atoms with Crippen molar-refractivity contribution in [1.82, 2.24) is 15.2 Å². The van der Waals surface area contributed by atoms with Crippen LogP contribution in [-0.4, -0.2) is 27.8 Å². The lowest BCUT2D eigenvalue weighted by atomic mass is 9.91. The summed E-state index contributed by atoms with van der Waals surface area (Å²) < 4.78 is 5.23. The van der Waals surface area contributed by atoms with Crippen molar-refractivity contribution in [3.8, 4) is 28.5 Å². The monoisotopic (exact) mass is 387 g/mol. The van der Waals surface area contributed by atoms with Crippen molar-refractivity contribution in [2.24, 2.45) is 5.73 Å². The van der Waals surface area contributed by atoms with Gasteiger partial charge in [0.1, 0.15) is 0 Å². The summed E-state index contributed by atoms with van der Waals surface area (Å²) in [5.74, 6) is -0.210. The summed E-state index contributed by atoms with van der Waals surface area (Å²) in [7, 11) is 0. The maximum absolute atomic E-state index is 12.4. The van der Waals surface area contributed by atoms with Crippen LogP contribution in [-0.2, 0) is 21.5 Å². The Balaban J connectivity index is 1.66. The Morgan fingerprint density at radius 1 is 1.28 bits per heavy atom. The van der Waals surface area contributed by atoms with E-state index in [2.05, 4.69) is 21.3 Å². The number of pyridine rings is 1. The zero-order valence-corrected chi connectivity index (χ0v) is 16.1. The molecule has 1 fully saturated rings. The van der Waals surface area contributed by atoms with Crippen LogP contribution in [0.25, 0.3) is 22.4 Å². The van der Waals surface area contributed by atoms with E-state index in [0.29, 0.717) is 18.7 Å². The fourth-order valence-corrected chi connectivity index (χ4v) is 3.59. The van der Waals surface area contributed by atoms with Gasteiger partial charge in [-0.25, -0.2) is 0 Å². The number of hydrogen-bond donors (Lipinski definition) is 2. The van der Waals surface area contributed by atoms with Crippen LogP contribution in [0.1, 0.15) is 36.6 Å². The maximum Gasteiger partial charge on any atom is 0.316 e. The maximum atomic E-state index is 12.4. The van der Waals surface area contributed by atoms with E-state index in [1.807, 2.05) is 24.3 Å². The van der Waals surface area contributed by atoms with Crippen LogP contribution in [0.5, 0.6) is 0 Å². The van der Waals surface area contributed by atoms with Gasteiger partial charge in [0.05, 0.1) is 41.2 Å². The van der Waals surface area contributed by atoms with Crippen LogP contribution in [0.3, 0.4) is 0 Å². The number of aromatic amines is 1. The lowest BCUT2D eigenvalue weighted by Crippen LogP contribution is -2.23. The van der Waals surface area contributed by atoms with E-state index >= 15 is 0 Å². The molecule has 7 nitrogen and oxygen atoms in total. The number of aromatic nitrogens is 3. The number of nitriles is 1. The number of benzene rings is 1. The van der Waals surface area contributed by atoms with Gasteiger partial charge in [0.15, 0.2) is 0 Å². The third-order valence-corrected chi connectivity index (χ3v) is 5.38. The molecule has 0 bridgehead atoms. The molecule has 7 heteroatoms. The summed E-state index contributed by atoms with van der Waals surface area (Å²) in [5.41, 5.74) is 10.5. The zero-order valence-electron chi connectivity index (χ0n) is 16.1. The zero-order chi connectivity index (χ0) is 20.4. The molecule has 3 aromatic rings. The molecule has 29 heavy (non-hydrogen) atoms. The minimum absolute atomic E-state index is 0.210. The van der Waals surface area contributed by atoms with E-state index in [4.69, 9.17) is 10.5 Å². The first-order chi connectivity index (χ1) is 14.1. The highest BCUT2D eigenvalue weighted by molar-refractivity contribution is 5.87. The van der Waals surface area contributed by atoms with E-state index in [-0.39, 0.29) is 5.97 Å². The van der Waals surface area contributed by atoms with Crippen LogP contribution < -0.4 is 5.73 Å². The molecule has 1 aliphatic rings. The predicted octanol–water partition coefficient (Wildman–Crippen LogP) is 3.06. The summed E-state index contributed by atoms with van der Waals surface area (Å²) >= 11 is 0. The third-order valence-electron chi connectivity index (χ3n) is 5.38. The molecule has 0 aliphatic heterocycles. The second-order valence-electron chi connectivity index (χ2n) is 7.07. The van der Waals surface area contributed by atoms with Crippen molar-refractivity contribution < 1.29 is 9.53 Å².